The number of aromatic nitrogens is 2. The van der Waals surface area contributed by atoms with Crippen molar-refractivity contribution in [3.05, 3.63) is 17.6 Å². The molecule has 0 aliphatic heterocycles. The minimum atomic E-state index is 0.0160. The number of ether oxygens (including phenoxy) is 1. The van der Waals surface area contributed by atoms with Crippen molar-refractivity contribution in [3.63, 3.8) is 0 Å². The summed E-state index contributed by atoms with van der Waals surface area (Å²) in [6.07, 6.45) is 2.05. The maximum absolute atomic E-state index is 5.70. The molecular weight excluding hydrogens is 214 g/mol. The van der Waals surface area contributed by atoms with Gasteiger partial charge in [-0.05, 0) is 27.2 Å². The van der Waals surface area contributed by atoms with Crippen LogP contribution in [0.3, 0.4) is 0 Å². The first-order valence-electron chi connectivity index (χ1n) is 6.42. The highest BCUT2D eigenvalue weighted by molar-refractivity contribution is 5.35. The van der Waals surface area contributed by atoms with Crippen LogP contribution in [0, 0.1) is 6.92 Å². The summed E-state index contributed by atoms with van der Waals surface area (Å²) in [5, 5.41) is 3.22. The van der Waals surface area contributed by atoms with Crippen LogP contribution in [0.15, 0.2) is 6.07 Å². The maximum Gasteiger partial charge on any atom is 0.159 e. The van der Waals surface area contributed by atoms with Gasteiger partial charge in [-0.15, -0.1) is 0 Å². The molecule has 4 nitrogen and oxygen atoms in total. The Hall–Kier alpha value is -1.16. The van der Waals surface area contributed by atoms with Crippen LogP contribution in [0.2, 0.25) is 0 Å². The van der Waals surface area contributed by atoms with Crippen LogP contribution in [0.4, 0.5) is 5.82 Å². The van der Waals surface area contributed by atoms with Crippen LogP contribution < -0.4 is 5.32 Å². The Balaban J connectivity index is 2.92. The van der Waals surface area contributed by atoms with Crippen molar-refractivity contribution in [3.8, 4) is 0 Å². The smallest absolute Gasteiger partial charge is 0.159 e. The van der Waals surface area contributed by atoms with Crippen LogP contribution in [-0.4, -0.2) is 23.1 Å². The molecule has 0 spiro atoms. The number of nitrogens with one attached hydrogen (secondary N) is 1. The number of aryl methyl sites for hydroxylation is 1. The summed E-state index contributed by atoms with van der Waals surface area (Å²) in [5.41, 5.74) is 0.978. The molecule has 4 heteroatoms. The molecule has 0 fully saturated rings. The second kappa shape index (κ2) is 7.22. The molecule has 1 heterocycles. The van der Waals surface area contributed by atoms with E-state index >= 15 is 0 Å². The van der Waals surface area contributed by atoms with E-state index in [0.29, 0.717) is 6.61 Å². The topological polar surface area (TPSA) is 47.0 Å². The third kappa shape index (κ3) is 4.30. The van der Waals surface area contributed by atoms with E-state index < -0.39 is 0 Å². The number of hydrogen-bond donors (Lipinski definition) is 1. The molecule has 0 saturated carbocycles. The molecule has 0 aliphatic carbocycles. The molecule has 0 aromatic carbocycles. The fourth-order valence-corrected chi connectivity index (χ4v) is 1.76. The Morgan fingerprint density at radius 2 is 2.06 bits per heavy atom. The lowest BCUT2D eigenvalue weighted by atomic mass is 10.2. The highest BCUT2D eigenvalue weighted by atomic mass is 16.5. The summed E-state index contributed by atoms with van der Waals surface area (Å²) in [5.74, 6) is 1.68. The van der Waals surface area contributed by atoms with Crippen molar-refractivity contribution in [2.45, 2.75) is 46.6 Å². The van der Waals surface area contributed by atoms with E-state index in [1.165, 1.54) is 0 Å². The number of hydrogen-bond acceptors (Lipinski definition) is 4. The van der Waals surface area contributed by atoms with Gasteiger partial charge in [0.05, 0.1) is 0 Å². The van der Waals surface area contributed by atoms with Crippen molar-refractivity contribution in [1.82, 2.24) is 9.97 Å². The molecule has 0 amide bonds. The zero-order chi connectivity index (χ0) is 12.7. The molecule has 0 radical (unpaired) electrons. The van der Waals surface area contributed by atoms with E-state index in [1.54, 1.807) is 0 Å². The molecular formula is C13H23N3O. The first-order chi connectivity index (χ1) is 8.21. The third-order valence-corrected chi connectivity index (χ3v) is 2.44. The molecule has 96 valence electrons. The Morgan fingerprint density at radius 1 is 1.29 bits per heavy atom. The summed E-state index contributed by atoms with van der Waals surface area (Å²) in [6, 6.07) is 1.96. The molecule has 17 heavy (non-hydrogen) atoms. The van der Waals surface area contributed by atoms with Crippen molar-refractivity contribution >= 4 is 5.82 Å². The van der Waals surface area contributed by atoms with Crippen molar-refractivity contribution < 1.29 is 4.74 Å². The van der Waals surface area contributed by atoms with Crippen LogP contribution in [0.25, 0.3) is 0 Å². The molecule has 1 unspecified atom stereocenters. The summed E-state index contributed by atoms with van der Waals surface area (Å²) in [4.78, 5) is 8.99. The second-order valence-electron chi connectivity index (χ2n) is 4.02. The zero-order valence-electron chi connectivity index (χ0n) is 11.3. The van der Waals surface area contributed by atoms with Crippen molar-refractivity contribution in [2.24, 2.45) is 0 Å². The first kappa shape index (κ1) is 13.9. The SMILES string of the molecule is CCCC(OCC)c1nc(C)cc(NCC)n1. The Kier molecular flexibility index (Phi) is 5.91. The van der Waals surface area contributed by atoms with Gasteiger partial charge in [0.1, 0.15) is 11.9 Å². The average Bonchev–Trinajstić information content (AvgIpc) is 2.28. The molecule has 1 aromatic heterocycles. The standard InChI is InChI=1S/C13H23N3O/c1-5-8-11(17-7-3)13-15-10(4)9-12(16-13)14-6-2/h9,11H,5-8H2,1-4H3,(H,14,15,16). The minimum absolute atomic E-state index is 0.0160. The van der Waals surface area contributed by atoms with Crippen LogP contribution >= 0.6 is 0 Å². The summed E-state index contributed by atoms with van der Waals surface area (Å²) in [6.45, 7) is 9.75. The molecule has 0 bridgehead atoms. The highest BCUT2D eigenvalue weighted by Gasteiger charge is 2.15. The van der Waals surface area contributed by atoms with Gasteiger partial charge in [-0.3, -0.25) is 0 Å². The van der Waals surface area contributed by atoms with E-state index in [1.807, 2.05) is 19.9 Å². The maximum atomic E-state index is 5.70. The highest BCUT2D eigenvalue weighted by Crippen LogP contribution is 2.21. The van der Waals surface area contributed by atoms with Gasteiger partial charge in [0.2, 0.25) is 0 Å². The van der Waals surface area contributed by atoms with E-state index in [4.69, 9.17) is 4.74 Å². The zero-order valence-corrected chi connectivity index (χ0v) is 11.3. The Bertz CT molecular complexity index is 335. The number of anilines is 1. The molecule has 1 atom stereocenters. The van der Waals surface area contributed by atoms with Crippen LogP contribution in [0.5, 0.6) is 0 Å². The van der Waals surface area contributed by atoms with Gasteiger partial charge in [0.15, 0.2) is 5.82 Å². The molecule has 0 aliphatic rings. The second-order valence-corrected chi connectivity index (χ2v) is 4.02. The molecule has 1 rings (SSSR count). The van der Waals surface area contributed by atoms with E-state index in [9.17, 15) is 0 Å². The van der Waals surface area contributed by atoms with Gasteiger partial charge in [-0.2, -0.15) is 0 Å². The van der Waals surface area contributed by atoms with Gasteiger partial charge < -0.3 is 10.1 Å². The lowest BCUT2D eigenvalue weighted by molar-refractivity contribution is 0.0493. The summed E-state index contributed by atoms with van der Waals surface area (Å²) in [7, 11) is 0. The van der Waals surface area contributed by atoms with Crippen molar-refractivity contribution in [1.29, 1.82) is 0 Å². The Labute approximate surface area is 104 Å². The van der Waals surface area contributed by atoms with E-state index in [-0.39, 0.29) is 6.10 Å². The minimum Gasteiger partial charge on any atom is -0.371 e. The van der Waals surface area contributed by atoms with Gasteiger partial charge in [0.25, 0.3) is 0 Å². The van der Waals surface area contributed by atoms with Crippen LogP contribution in [0.1, 0.15) is 51.2 Å². The first-order valence-corrected chi connectivity index (χ1v) is 6.42. The van der Waals surface area contributed by atoms with Crippen LogP contribution in [-0.2, 0) is 4.74 Å². The summed E-state index contributed by atoms with van der Waals surface area (Å²) >= 11 is 0. The van der Waals surface area contributed by atoms with Crippen molar-refractivity contribution in [2.75, 3.05) is 18.5 Å². The largest absolute Gasteiger partial charge is 0.371 e. The monoisotopic (exact) mass is 237 g/mol. The molecule has 0 saturated heterocycles. The molecule has 1 aromatic rings. The summed E-state index contributed by atoms with van der Waals surface area (Å²) < 4.78 is 5.70. The fourth-order valence-electron chi connectivity index (χ4n) is 1.76. The lowest BCUT2D eigenvalue weighted by Crippen LogP contribution is -2.11. The van der Waals surface area contributed by atoms with E-state index in [2.05, 4.69) is 29.1 Å². The van der Waals surface area contributed by atoms with Gasteiger partial charge in [0, 0.05) is 24.9 Å². The fraction of sp³-hybridized carbons (Fsp3) is 0.692. The quantitative estimate of drug-likeness (QED) is 0.791. The molecule has 1 N–H and O–H groups in total. The van der Waals surface area contributed by atoms with E-state index in [0.717, 1.165) is 36.7 Å². The lowest BCUT2D eigenvalue weighted by Gasteiger charge is -2.16. The number of rotatable bonds is 7. The average molecular weight is 237 g/mol. The van der Waals surface area contributed by atoms with Gasteiger partial charge in [-0.1, -0.05) is 13.3 Å². The predicted molar refractivity (Wildman–Crippen MR) is 70.2 cm³/mol. The Morgan fingerprint density at radius 3 is 2.65 bits per heavy atom. The van der Waals surface area contributed by atoms with Gasteiger partial charge in [-0.25, -0.2) is 9.97 Å². The number of nitrogens with zero attached hydrogens (tertiary/aromatic N) is 2. The predicted octanol–water partition coefficient (Wildman–Crippen LogP) is 3.09. The normalized spacial score (nSPS) is 12.5. The third-order valence-electron chi connectivity index (χ3n) is 2.44. The van der Waals surface area contributed by atoms with Gasteiger partial charge >= 0.3 is 0 Å².